The summed E-state index contributed by atoms with van der Waals surface area (Å²) in [6.07, 6.45) is 3.00. The summed E-state index contributed by atoms with van der Waals surface area (Å²) in [7, 11) is 0. The van der Waals surface area contributed by atoms with E-state index in [1.165, 1.54) is 6.26 Å². The Balaban J connectivity index is 2.28. The Kier molecular flexibility index (Phi) is 3.77. The molecule has 1 aliphatic rings. The Bertz CT molecular complexity index is 468. The lowest BCUT2D eigenvalue weighted by molar-refractivity contribution is 0.171. The first kappa shape index (κ1) is 12.4. The minimum Gasteiger partial charge on any atom is -0.493 e. The lowest BCUT2D eigenvalue weighted by Crippen LogP contribution is -2.17. The summed E-state index contributed by atoms with van der Waals surface area (Å²) in [5, 5.41) is 0. The fourth-order valence-corrected chi connectivity index (χ4v) is 1.73. The van der Waals surface area contributed by atoms with E-state index in [-0.39, 0.29) is 6.10 Å². The second-order valence-corrected chi connectivity index (χ2v) is 3.96. The molecule has 18 heavy (non-hydrogen) atoms. The molecule has 4 nitrogen and oxygen atoms in total. The van der Waals surface area contributed by atoms with E-state index >= 15 is 0 Å². The Morgan fingerprint density at radius 3 is 3.00 bits per heavy atom. The highest BCUT2D eigenvalue weighted by Gasteiger charge is 2.15. The molecule has 2 rings (SSSR count). The van der Waals surface area contributed by atoms with Gasteiger partial charge in [0, 0.05) is 11.3 Å². The molecule has 1 aromatic rings. The minimum atomic E-state index is -0.220. The first-order valence-electron chi connectivity index (χ1n) is 5.84. The van der Waals surface area contributed by atoms with Gasteiger partial charge >= 0.3 is 0 Å². The lowest BCUT2D eigenvalue weighted by atomic mass is 10.1. The van der Waals surface area contributed by atoms with Crippen LogP contribution in [0.25, 0.3) is 6.08 Å². The van der Waals surface area contributed by atoms with E-state index in [1.54, 1.807) is 0 Å². The second kappa shape index (κ2) is 5.49. The van der Waals surface area contributed by atoms with Gasteiger partial charge < -0.3 is 19.9 Å². The normalized spacial score (nSPS) is 15.9. The summed E-state index contributed by atoms with van der Waals surface area (Å²) in [4.78, 5) is 0. The van der Waals surface area contributed by atoms with Crippen molar-refractivity contribution in [3.8, 4) is 11.5 Å². The van der Waals surface area contributed by atoms with Gasteiger partial charge in [0.1, 0.15) is 19.3 Å². The molecule has 96 valence electrons. The molecule has 0 amide bonds. The number of ether oxygens (including phenoxy) is 3. The van der Waals surface area contributed by atoms with Gasteiger partial charge in [-0.1, -0.05) is 18.7 Å². The Morgan fingerprint density at radius 1 is 1.44 bits per heavy atom. The highest BCUT2D eigenvalue weighted by Crippen LogP contribution is 2.34. The summed E-state index contributed by atoms with van der Waals surface area (Å²) < 4.78 is 16.3. The van der Waals surface area contributed by atoms with Crippen molar-refractivity contribution >= 4 is 6.08 Å². The molecule has 0 spiro atoms. The van der Waals surface area contributed by atoms with Gasteiger partial charge in [0.15, 0.2) is 11.5 Å². The molecule has 4 heteroatoms. The zero-order valence-corrected chi connectivity index (χ0v) is 10.4. The zero-order valence-electron chi connectivity index (χ0n) is 10.4. The molecule has 2 N–H and O–H groups in total. The van der Waals surface area contributed by atoms with Crippen molar-refractivity contribution in [2.75, 3.05) is 13.2 Å². The topological polar surface area (TPSA) is 53.7 Å². The van der Waals surface area contributed by atoms with Crippen molar-refractivity contribution in [3.63, 3.8) is 0 Å². The summed E-state index contributed by atoms with van der Waals surface area (Å²) in [5.74, 6) is 1.48. The van der Waals surface area contributed by atoms with Gasteiger partial charge in [-0.15, -0.1) is 0 Å². The zero-order chi connectivity index (χ0) is 13.0. The first-order valence-corrected chi connectivity index (χ1v) is 5.84. The van der Waals surface area contributed by atoms with Gasteiger partial charge in [-0.2, -0.15) is 0 Å². The fourth-order valence-electron chi connectivity index (χ4n) is 1.73. The standard InChI is InChI=1S/C14H17NO3/c1-3-16-10(2)12(15)9-11-5-4-6-13-14(11)18-8-7-17-13/h3-6,9-10H,1,7-8,15H2,2H3/b12-9-. The first-order chi connectivity index (χ1) is 8.72. The van der Waals surface area contributed by atoms with Crippen LogP contribution in [0.5, 0.6) is 11.5 Å². The van der Waals surface area contributed by atoms with Gasteiger partial charge in [-0.05, 0) is 19.1 Å². The van der Waals surface area contributed by atoms with Crippen molar-refractivity contribution in [3.05, 3.63) is 42.3 Å². The number of hydrogen-bond donors (Lipinski definition) is 1. The van der Waals surface area contributed by atoms with Crippen molar-refractivity contribution in [1.29, 1.82) is 0 Å². The van der Waals surface area contributed by atoms with Crippen molar-refractivity contribution in [2.45, 2.75) is 13.0 Å². The highest BCUT2D eigenvalue weighted by molar-refractivity contribution is 5.64. The second-order valence-electron chi connectivity index (χ2n) is 3.96. The third-order valence-electron chi connectivity index (χ3n) is 2.69. The van der Waals surface area contributed by atoms with Crippen LogP contribution in [0, 0.1) is 0 Å². The van der Waals surface area contributed by atoms with Crippen LogP contribution in [0.4, 0.5) is 0 Å². The van der Waals surface area contributed by atoms with Gasteiger partial charge in [-0.3, -0.25) is 0 Å². The number of nitrogens with two attached hydrogens (primary N) is 1. The van der Waals surface area contributed by atoms with Crippen LogP contribution in [0.15, 0.2) is 36.7 Å². The van der Waals surface area contributed by atoms with Crippen LogP contribution >= 0.6 is 0 Å². The molecule has 0 aliphatic carbocycles. The van der Waals surface area contributed by atoms with Crippen LogP contribution in [0.1, 0.15) is 12.5 Å². The van der Waals surface area contributed by atoms with E-state index < -0.39 is 0 Å². The quantitative estimate of drug-likeness (QED) is 0.829. The molecule has 0 saturated carbocycles. The van der Waals surface area contributed by atoms with E-state index in [4.69, 9.17) is 19.9 Å². The van der Waals surface area contributed by atoms with E-state index in [0.29, 0.717) is 18.9 Å². The minimum absolute atomic E-state index is 0.220. The molecule has 1 atom stereocenters. The third kappa shape index (κ3) is 2.59. The predicted octanol–water partition coefficient (Wildman–Crippen LogP) is 2.31. The Labute approximate surface area is 107 Å². The van der Waals surface area contributed by atoms with Gasteiger partial charge in [0.2, 0.25) is 0 Å². The average molecular weight is 247 g/mol. The lowest BCUT2D eigenvalue weighted by Gasteiger charge is -2.20. The Hall–Kier alpha value is -2.10. The molecule has 0 radical (unpaired) electrons. The molecule has 0 bridgehead atoms. The number of para-hydroxylation sites is 1. The Morgan fingerprint density at radius 2 is 2.22 bits per heavy atom. The van der Waals surface area contributed by atoms with E-state index in [0.717, 1.165) is 17.1 Å². The molecule has 1 unspecified atom stereocenters. The van der Waals surface area contributed by atoms with Crippen LogP contribution in [-0.2, 0) is 4.74 Å². The number of benzene rings is 1. The maximum atomic E-state index is 5.96. The number of hydrogen-bond acceptors (Lipinski definition) is 4. The van der Waals surface area contributed by atoms with Crippen LogP contribution < -0.4 is 15.2 Å². The molecular weight excluding hydrogens is 230 g/mol. The molecule has 1 heterocycles. The number of fused-ring (bicyclic) bond motifs is 1. The SMILES string of the molecule is C=COC(C)/C(N)=C/c1cccc2c1OCCO2. The maximum absolute atomic E-state index is 5.96. The van der Waals surface area contributed by atoms with Crippen molar-refractivity contribution in [2.24, 2.45) is 5.73 Å². The van der Waals surface area contributed by atoms with E-state index in [1.807, 2.05) is 31.2 Å². The van der Waals surface area contributed by atoms with Crippen LogP contribution in [0.3, 0.4) is 0 Å². The maximum Gasteiger partial charge on any atom is 0.168 e. The van der Waals surface area contributed by atoms with E-state index in [9.17, 15) is 0 Å². The molecule has 1 aromatic carbocycles. The summed E-state index contributed by atoms with van der Waals surface area (Å²) in [5.41, 5.74) is 7.46. The monoisotopic (exact) mass is 247 g/mol. The van der Waals surface area contributed by atoms with Gasteiger partial charge in [0.25, 0.3) is 0 Å². The average Bonchev–Trinajstić information content (AvgIpc) is 2.39. The smallest absolute Gasteiger partial charge is 0.168 e. The van der Waals surface area contributed by atoms with Gasteiger partial charge in [-0.25, -0.2) is 0 Å². The molecule has 0 fully saturated rings. The molecular formula is C14H17NO3. The largest absolute Gasteiger partial charge is 0.493 e. The summed E-state index contributed by atoms with van der Waals surface area (Å²) in [6, 6.07) is 5.72. The molecule has 1 aliphatic heterocycles. The summed E-state index contributed by atoms with van der Waals surface area (Å²) in [6.45, 7) is 6.50. The highest BCUT2D eigenvalue weighted by atomic mass is 16.6. The number of rotatable bonds is 4. The summed E-state index contributed by atoms with van der Waals surface area (Å²) >= 11 is 0. The van der Waals surface area contributed by atoms with Crippen LogP contribution in [-0.4, -0.2) is 19.3 Å². The molecule has 0 aromatic heterocycles. The van der Waals surface area contributed by atoms with Crippen molar-refractivity contribution in [1.82, 2.24) is 0 Å². The third-order valence-corrected chi connectivity index (χ3v) is 2.69. The predicted molar refractivity (Wildman–Crippen MR) is 70.3 cm³/mol. The van der Waals surface area contributed by atoms with Crippen molar-refractivity contribution < 1.29 is 14.2 Å². The van der Waals surface area contributed by atoms with E-state index in [2.05, 4.69) is 6.58 Å². The van der Waals surface area contributed by atoms with Crippen LogP contribution in [0.2, 0.25) is 0 Å². The fraction of sp³-hybridized carbons (Fsp3) is 0.286. The molecule has 0 saturated heterocycles. The van der Waals surface area contributed by atoms with Gasteiger partial charge in [0.05, 0.1) is 6.26 Å².